The maximum absolute atomic E-state index is 11.0. The third kappa shape index (κ3) is 3.80. The van der Waals surface area contributed by atoms with Crippen LogP contribution in [0.4, 0.5) is 0 Å². The number of nitrogens with two attached hydrogens (primary N) is 1. The molecule has 1 rings (SSSR count). The van der Waals surface area contributed by atoms with Crippen molar-refractivity contribution in [3.05, 3.63) is 0 Å². The predicted molar refractivity (Wildman–Crippen MR) is 61.0 cm³/mol. The van der Waals surface area contributed by atoms with Gasteiger partial charge >= 0.3 is 0 Å². The number of hydrogen-bond acceptors (Lipinski definition) is 3. The molecule has 0 aliphatic heterocycles. The Bertz CT molecular complexity index is 216. The molecule has 0 bridgehead atoms. The predicted octanol–water partition coefficient (Wildman–Crippen LogP) is 0.875. The van der Waals surface area contributed by atoms with Crippen LogP contribution in [-0.2, 0) is 4.79 Å². The molecule has 2 unspecified atom stereocenters. The van der Waals surface area contributed by atoms with Gasteiger partial charge in [0, 0.05) is 18.5 Å². The topological polar surface area (TPSA) is 58.4 Å². The lowest BCUT2D eigenvalue weighted by Crippen LogP contribution is -2.39. The van der Waals surface area contributed by atoms with Crippen molar-refractivity contribution in [1.29, 1.82) is 0 Å². The maximum Gasteiger partial charge on any atom is 0.233 e. The highest BCUT2D eigenvalue weighted by molar-refractivity contribution is 5.75. The van der Waals surface area contributed by atoms with Crippen LogP contribution in [0.3, 0.4) is 0 Å². The summed E-state index contributed by atoms with van der Waals surface area (Å²) in [4.78, 5) is 13.4. The van der Waals surface area contributed by atoms with Gasteiger partial charge in [-0.3, -0.25) is 10.2 Å². The van der Waals surface area contributed by atoms with E-state index in [0.717, 1.165) is 12.3 Å². The summed E-state index contributed by atoms with van der Waals surface area (Å²) in [7, 11) is 2.15. The van der Waals surface area contributed by atoms with Crippen molar-refractivity contribution in [1.82, 2.24) is 10.3 Å². The molecule has 15 heavy (non-hydrogen) atoms. The first-order valence-electron chi connectivity index (χ1n) is 5.77. The van der Waals surface area contributed by atoms with Crippen molar-refractivity contribution in [2.75, 3.05) is 7.05 Å². The summed E-state index contributed by atoms with van der Waals surface area (Å²) in [5.74, 6) is 5.84. The van der Waals surface area contributed by atoms with Gasteiger partial charge in [0.1, 0.15) is 0 Å². The van der Waals surface area contributed by atoms with E-state index in [-0.39, 0.29) is 5.91 Å². The molecule has 1 aliphatic rings. The minimum Gasteiger partial charge on any atom is -0.301 e. The van der Waals surface area contributed by atoms with Gasteiger partial charge in [-0.15, -0.1) is 0 Å². The molecule has 4 heteroatoms. The lowest BCUT2D eigenvalue weighted by atomic mass is 10.1. The number of amides is 1. The second kappa shape index (κ2) is 5.47. The van der Waals surface area contributed by atoms with Crippen molar-refractivity contribution in [3.8, 4) is 0 Å². The Hall–Kier alpha value is -0.610. The fourth-order valence-electron chi connectivity index (χ4n) is 1.93. The third-order valence-corrected chi connectivity index (χ3v) is 3.59. The average molecular weight is 213 g/mol. The molecule has 4 nitrogen and oxygen atoms in total. The van der Waals surface area contributed by atoms with Crippen LogP contribution in [0.2, 0.25) is 0 Å². The first-order chi connectivity index (χ1) is 7.06. The quantitative estimate of drug-likeness (QED) is 0.391. The fourth-order valence-corrected chi connectivity index (χ4v) is 1.93. The Morgan fingerprint density at radius 1 is 1.53 bits per heavy atom. The van der Waals surface area contributed by atoms with Crippen LogP contribution in [0.15, 0.2) is 0 Å². The zero-order valence-electron chi connectivity index (χ0n) is 9.99. The van der Waals surface area contributed by atoms with E-state index in [0.29, 0.717) is 18.5 Å². The van der Waals surface area contributed by atoms with Crippen LogP contribution in [0.25, 0.3) is 0 Å². The summed E-state index contributed by atoms with van der Waals surface area (Å²) in [6, 6.07) is 1.08. The molecule has 1 aliphatic carbocycles. The van der Waals surface area contributed by atoms with E-state index < -0.39 is 0 Å². The molecule has 1 saturated carbocycles. The van der Waals surface area contributed by atoms with Crippen molar-refractivity contribution >= 4 is 5.91 Å². The largest absolute Gasteiger partial charge is 0.301 e. The molecule has 1 fully saturated rings. The summed E-state index contributed by atoms with van der Waals surface area (Å²) >= 11 is 0. The standard InChI is InChI=1S/C11H23N3O/c1-8(4-7-11(15)13-12)14(3)9(2)10-5-6-10/h8-10H,4-7,12H2,1-3H3,(H,13,15). The molecule has 0 heterocycles. The number of nitrogens with zero attached hydrogens (tertiary/aromatic N) is 1. The normalized spacial score (nSPS) is 20.1. The fraction of sp³-hybridized carbons (Fsp3) is 0.909. The molecular formula is C11H23N3O. The van der Waals surface area contributed by atoms with Crippen molar-refractivity contribution in [3.63, 3.8) is 0 Å². The van der Waals surface area contributed by atoms with E-state index in [1.165, 1.54) is 12.8 Å². The first kappa shape index (κ1) is 12.5. The Balaban J connectivity index is 2.25. The summed E-state index contributed by atoms with van der Waals surface area (Å²) in [5, 5.41) is 0. The highest BCUT2D eigenvalue weighted by Crippen LogP contribution is 2.35. The molecule has 0 saturated heterocycles. The van der Waals surface area contributed by atoms with Crippen molar-refractivity contribution in [2.24, 2.45) is 11.8 Å². The number of hydrogen-bond donors (Lipinski definition) is 2. The van der Waals surface area contributed by atoms with Crippen molar-refractivity contribution < 1.29 is 4.79 Å². The molecule has 0 aromatic carbocycles. The molecule has 88 valence electrons. The van der Waals surface area contributed by atoms with E-state index in [1.807, 2.05) is 0 Å². The van der Waals surface area contributed by atoms with Gasteiger partial charge in [0.15, 0.2) is 0 Å². The average Bonchev–Trinajstić information content (AvgIpc) is 3.06. The van der Waals surface area contributed by atoms with Gasteiger partial charge in [0.25, 0.3) is 0 Å². The zero-order chi connectivity index (χ0) is 11.4. The third-order valence-electron chi connectivity index (χ3n) is 3.59. The number of hydrazine groups is 1. The summed E-state index contributed by atoms with van der Waals surface area (Å²) < 4.78 is 0. The maximum atomic E-state index is 11.0. The Morgan fingerprint density at radius 2 is 2.13 bits per heavy atom. The van der Waals surface area contributed by atoms with E-state index in [4.69, 9.17) is 5.84 Å². The number of carbonyl (C=O) groups is 1. The minimum atomic E-state index is -0.0747. The highest BCUT2D eigenvalue weighted by atomic mass is 16.2. The SMILES string of the molecule is CC(CCC(=O)NN)N(C)C(C)C1CC1. The monoisotopic (exact) mass is 213 g/mol. The Kier molecular flexibility index (Phi) is 4.54. The van der Waals surface area contributed by atoms with Crippen LogP contribution in [0, 0.1) is 5.92 Å². The van der Waals surface area contributed by atoms with Crippen LogP contribution in [0.5, 0.6) is 0 Å². The summed E-state index contributed by atoms with van der Waals surface area (Å²) in [6.45, 7) is 4.44. The smallest absolute Gasteiger partial charge is 0.233 e. The molecule has 2 atom stereocenters. The molecule has 3 N–H and O–H groups in total. The molecular weight excluding hydrogens is 190 g/mol. The van der Waals surface area contributed by atoms with Gasteiger partial charge in [-0.05, 0) is 46.1 Å². The lowest BCUT2D eigenvalue weighted by Gasteiger charge is -2.30. The molecule has 0 aromatic rings. The first-order valence-corrected chi connectivity index (χ1v) is 5.77. The van der Waals surface area contributed by atoms with Gasteiger partial charge in [-0.25, -0.2) is 5.84 Å². The van der Waals surface area contributed by atoms with Gasteiger partial charge in [0.2, 0.25) is 5.91 Å². The van der Waals surface area contributed by atoms with E-state index in [1.54, 1.807) is 0 Å². The second-order valence-corrected chi connectivity index (χ2v) is 4.70. The number of carbonyl (C=O) groups excluding carboxylic acids is 1. The zero-order valence-corrected chi connectivity index (χ0v) is 9.99. The Labute approximate surface area is 92.2 Å². The summed E-state index contributed by atoms with van der Waals surface area (Å²) in [5.41, 5.74) is 2.17. The van der Waals surface area contributed by atoms with Crippen LogP contribution in [0.1, 0.15) is 39.5 Å². The lowest BCUT2D eigenvalue weighted by molar-refractivity contribution is -0.121. The van der Waals surface area contributed by atoms with Gasteiger partial charge in [-0.1, -0.05) is 0 Å². The van der Waals surface area contributed by atoms with E-state index in [9.17, 15) is 4.79 Å². The van der Waals surface area contributed by atoms with Gasteiger partial charge < -0.3 is 4.90 Å². The molecule has 0 aromatic heterocycles. The van der Waals surface area contributed by atoms with Gasteiger partial charge in [-0.2, -0.15) is 0 Å². The summed E-state index contributed by atoms with van der Waals surface area (Å²) in [6.07, 6.45) is 4.11. The minimum absolute atomic E-state index is 0.0747. The molecule has 0 spiro atoms. The number of nitrogens with one attached hydrogen (secondary N) is 1. The van der Waals surface area contributed by atoms with Crippen molar-refractivity contribution in [2.45, 2.75) is 51.6 Å². The van der Waals surface area contributed by atoms with Gasteiger partial charge in [0.05, 0.1) is 0 Å². The van der Waals surface area contributed by atoms with E-state index >= 15 is 0 Å². The van der Waals surface area contributed by atoms with Crippen LogP contribution >= 0.6 is 0 Å². The highest BCUT2D eigenvalue weighted by Gasteiger charge is 2.31. The molecule has 1 amide bonds. The van der Waals surface area contributed by atoms with Crippen LogP contribution in [-0.4, -0.2) is 29.9 Å². The molecule has 0 radical (unpaired) electrons. The van der Waals surface area contributed by atoms with E-state index in [2.05, 4.69) is 31.2 Å². The number of rotatable bonds is 6. The Morgan fingerprint density at radius 3 is 2.60 bits per heavy atom. The van der Waals surface area contributed by atoms with Crippen LogP contribution < -0.4 is 11.3 Å². The second-order valence-electron chi connectivity index (χ2n) is 4.70.